The Labute approximate surface area is 54.3 Å². The summed E-state index contributed by atoms with van der Waals surface area (Å²) in [4.78, 5) is 0. The zero-order valence-corrected chi connectivity index (χ0v) is 6.57. The van der Waals surface area contributed by atoms with Gasteiger partial charge in [-0.3, -0.25) is 0 Å². The van der Waals surface area contributed by atoms with Crippen molar-refractivity contribution in [3.63, 3.8) is 0 Å². The largest absolute Gasteiger partial charge is 0.124 e. The molecule has 50 valence electrons. The van der Waals surface area contributed by atoms with Crippen LogP contribution in [0.5, 0.6) is 0 Å². The van der Waals surface area contributed by atoms with E-state index in [4.69, 9.17) is 0 Å². The van der Waals surface area contributed by atoms with Crippen LogP contribution in [-0.4, -0.2) is 0 Å². The fourth-order valence-corrected chi connectivity index (χ4v) is 0. The number of hydrogen-bond donors (Lipinski definition) is 0. The first kappa shape index (κ1) is 15.6. The molecule has 0 heteroatoms. The van der Waals surface area contributed by atoms with E-state index in [1.54, 1.807) is 0 Å². The maximum absolute atomic E-state index is 4.00. The van der Waals surface area contributed by atoms with Gasteiger partial charge in [-0.15, -0.1) is 12.8 Å². The number of hydrogen-bond acceptors (Lipinski definition) is 0. The van der Waals surface area contributed by atoms with Crippen molar-refractivity contribution >= 4 is 0 Å². The second-order valence-electron chi connectivity index (χ2n) is 1.000. The van der Waals surface area contributed by atoms with Crippen LogP contribution in [0, 0.1) is 12.8 Å². The molecule has 0 aliphatic carbocycles. The topological polar surface area (TPSA) is 0 Å². The zero-order chi connectivity index (χ0) is 7.41. The van der Waals surface area contributed by atoms with Crippen LogP contribution in [0.25, 0.3) is 0 Å². The van der Waals surface area contributed by atoms with Crippen molar-refractivity contribution in [2.75, 3.05) is 0 Å². The molecule has 0 aromatic carbocycles. The monoisotopic (exact) mass is 114 g/mol. The second kappa shape index (κ2) is 83.3. The lowest BCUT2D eigenvalue weighted by molar-refractivity contribution is 0.886. The molecular weight excluding hydrogens is 96.1 g/mol. The molecule has 0 amide bonds. The van der Waals surface area contributed by atoms with Crippen LogP contribution < -0.4 is 0 Å². The van der Waals surface area contributed by atoms with Crippen molar-refractivity contribution in [1.82, 2.24) is 0 Å². The Morgan fingerprint density at radius 3 is 1.00 bits per heavy atom. The first-order valence-electron chi connectivity index (χ1n) is 3.25. The second-order valence-corrected chi connectivity index (χ2v) is 1.000. The van der Waals surface area contributed by atoms with Gasteiger partial charge in [0.05, 0.1) is 0 Å². The highest BCUT2D eigenvalue weighted by Gasteiger charge is 1.56. The average Bonchev–Trinajstić information content (AvgIpc) is 1.96. The van der Waals surface area contributed by atoms with Crippen LogP contribution in [0.3, 0.4) is 0 Å². The van der Waals surface area contributed by atoms with Gasteiger partial charge in [0, 0.05) is 0 Å². The summed E-state index contributed by atoms with van der Waals surface area (Å²) < 4.78 is 0. The van der Waals surface area contributed by atoms with Crippen molar-refractivity contribution in [1.29, 1.82) is 0 Å². The van der Waals surface area contributed by atoms with Crippen LogP contribution in [0.1, 0.15) is 40.5 Å². The summed E-state index contributed by atoms with van der Waals surface area (Å²) in [5, 5.41) is 0. The Morgan fingerprint density at radius 2 is 1.00 bits per heavy atom. The lowest BCUT2D eigenvalue weighted by Gasteiger charge is -1.68. The highest BCUT2D eigenvalue weighted by Crippen LogP contribution is 1.76. The number of terminal acetylenes is 1. The van der Waals surface area contributed by atoms with Crippen LogP contribution in [-0.2, 0) is 0 Å². The van der Waals surface area contributed by atoms with Gasteiger partial charge in [0.15, 0.2) is 0 Å². The molecule has 0 aliphatic heterocycles. The van der Waals surface area contributed by atoms with Gasteiger partial charge in [0.25, 0.3) is 0 Å². The van der Waals surface area contributed by atoms with Gasteiger partial charge >= 0.3 is 0 Å². The molecule has 0 heterocycles. The van der Waals surface area contributed by atoms with Crippen molar-refractivity contribution in [3.05, 3.63) is 0 Å². The van der Waals surface area contributed by atoms with E-state index >= 15 is 0 Å². The molecule has 0 unspecified atom stereocenters. The Balaban J connectivity index is -0.0000000542. The van der Waals surface area contributed by atoms with E-state index in [0.29, 0.717) is 0 Å². The number of rotatable bonds is 1. The Bertz CT molecular complexity index is 16.5. The van der Waals surface area contributed by atoms with E-state index in [1.807, 2.05) is 13.8 Å². The summed E-state index contributed by atoms with van der Waals surface area (Å²) in [5.74, 6) is 0. The maximum Gasteiger partial charge on any atom is -0.0564 e. The highest BCUT2D eigenvalue weighted by atomic mass is 13.6. The SMILES string of the molecule is C#C.CC.CCCC. The van der Waals surface area contributed by atoms with E-state index < -0.39 is 0 Å². The molecule has 0 fully saturated rings. The molecule has 0 saturated heterocycles. The summed E-state index contributed by atoms with van der Waals surface area (Å²) in [5.41, 5.74) is 0. The summed E-state index contributed by atoms with van der Waals surface area (Å²) in [6, 6.07) is 0. The molecule has 8 heavy (non-hydrogen) atoms. The minimum Gasteiger partial charge on any atom is -0.124 e. The first-order chi connectivity index (χ1) is 3.91. The predicted molar refractivity (Wildman–Crippen MR) is 41.8 cm³/mol. The molecule has 0 saturated carbocycles. The van der Waals surface area contributed by atoms with Crippen LogP contribution in [0.2, 0.25) is 0 Å². The lowest BCUT2D eigenvalue weighted by Crippen LogP contribution is -1.47. The van der Waals surface area contributed by atoms with Crippen molar-refractivity contribution in [2.45, 2.75) is 40.5 Å². The van der Waals surface area contributed by atoms with Crippen LogP contribution >= 0.6 is 0 Å². The third-order valence-electron chi connectivity index (χ3n) is 0.500. The highest BCUT2D eigenvalue weighted by molar-refractivity contribution is 4.47. The van der Waals surface area contributed by atoms with E-state index in [2.05, 4.69) is 26.7 Å². The molecule has 0 rings (SSSR count). The van der Waals surface area contributed by atoms with Crippen LogP contribution in [0.4, 0.5) is 0 Å². The standard InChI is InChI=1S/C4H10.C2H6.C2H2/c1-3-4-2;2*1-2/h3-4H2,1-2H3;1-2H3;1-2H. The fourth-order valence-electron chi connectivity index (χ4n) is 0. The fraction of sp³-hybridized carbons (Fsp3) is 0.750. The molecule has 0 aromatic heterocycles. The molecule has 0 bridgehead atoms. The predicted octanol–water partition coefficient (Wildman–Crippen LogP) is 3.08. The lowest BCUT2D eigenvalue weighted by atomic mass is 10.4. The van der Waals surface area contributed by atoms with E-state index in [1.165, 1.54) is 12.8 Å². The summed E-state index contributed by atoms with van der Waals surface area (Å²) >= 11 is 0. The summed E-state index contributed by atoms with van der Waals surface area (Å²) in [6.07, 6.45) is 10.6. The molecule has 0 N–H and O–H groups in total. The smallest absolute Gasteiger partial charge is 0.0564 e. The Hall–Kier alpha value is -0.440. The van der Waals surface area contributed by atoms with Gasteiger partial charge in [-0.05, 0) is 0 Å². The number of unbranched alkanes of at least 4 members (excludes halogenated alkanes) is 1. The first-order valence-corrected chi connectivity index (χ1v) is 3.25. The van der Waals surface area contributed by atoms with Crippen molar-refractivity contribution in [3.8, 4) is 12.8 Å². The molecule has 0 aromatic rings. The molecule has 0 nitrogen and oxygen atoms in total. The third kappa shape index (κ3) is 369. The minimum absolute atomic E-state index is 1.32. The third-order valence-corrected chi connectivity index (χ3v) is 0.500. The van der Waals surface area contributed by atoms with E-state index in [9.17, 15) is 0 Å². The quantitative estimate of drug-likeness (QED) is 0.459. The summed E-state index contributed by atoms with van der Waals surface area (Å²) in [6.45, 7) is 8.36. The zero-order valence-electron chi connectivity index (χ0n) is 6.57. The van der Waals surface area contributed by atoms with Crippen molar-refractivity contribution in [2.24, 2.45) is 0 Å². The van der Waals surface area contributed by atoms with Gasteiger partial charge in [0.2, 0.25) is 0 Å². The van der Waals surface area contributed by atoms with Gasteiger partial charge in [-0.25, -0.2) is 0 Å². The molecule has 0 aliphatic rings. The molecular formula is C8H18. The molecule has 0 spiro atoms. The van der Waals surface area contributed by atoms with Gasteiger partial charge in [0.1, 0.15) is 0 Å². The minimum atomic E-state index is 1.32. The van der Waals surface area contributed by atoms with Gasteiger partial charge < -0.3 is 0 Å². The van der Waals surface area contributed by atoms with Crippen molar-refractivity contribution < 1.29 is 0 Å². The van der Waals surface area contributed by atoms with Crippen LogP contribution in [0.15, 0.2) is 0 Å². The van der Waals surface area contributed by atoms with Gasteiger partial charge in [-0.1, -0.05) is 40.5 Å². The van der Waals surface area contributed by atoms with Gasteiger partial charge in [-0.2, -0.15) is 0 Å². The Morgan fingerprint density at radius 1 is 0.875 bits per heavy atom. The summed E-state index contributed by atoms with van der Waals surface area (Å²) in [7, 11) is 0. The maximum atomic E-state index is 4.00. The normalized spacial score (nSPS) is 4.75. The molecule has 0 atom stereocenters. The molecule has 0 radical (unpaired) electrons. The van der Waals surface area contributed by atoms with E-state index in [0.717, 1.165) is 0 Å². The average molecular weight is 114 g/mol. The Kier molecular flexibility index (Phi) is 163. The van der Waals surface area contributed by atoms with E-state index in [-0.39, 0.29) is 0 Å².